The third-order valence-corrected chi connectivity index (χ3v) is 6.57. The predicted octanol–water partition coefficient (Wildman–Crippen LogP) is 2.42. The van der Waals surface area contributed by atoms with E-state index in [2.05, 4.69) is 20.9 Å². The number of sulfonamides is 1. The average Bonchev–Trinajstić information content (AvgIpc) is 3.11. The zero-order valence-corrected chi connectivity index (χ0v) is 17.5. The third-order valence-electron chi connectivity index (χ3n) is 4.52. The molecule has 3 aromatic rings. The smallest absolute Gasteiger partial charge is 0.319 e. The van der Waals surface area contributed by atoms with E-state index >= 15 is 0 Å². The molecule has 0 bridgehead atoms. The molecule has 1 aromatic heterocycles. The summed E-state index contributed by atoms with van der Waals surface area (Å²) in [7, 11) is -3.58. The summed E-state index contributed by atoms with van der Waals surface area (Å²) < 4.78 is 41.4. The molecule has 2 aromatic carbocycles. The molecule has 1 heterocycles. The molecule has 0 unspecified atom stereocenters. The lowest BCUT2D eigenvalue weighted by molar-refractivity contribution is 0.251. The van der Waals surface area contributed by atoms with Gasteiger partial charge in [0.25, 0.3) is 0 Å². The molecule has 160 valence electrons. The van der Waals surface area contributed by atoms with Crippen molar-refractivity contribution in [2.75, 3.05) is 25.0 Å². The first kappa shape index (κ1) is 21.7. The fourth-order valence-corrected chi connectivity index (χ4v) is 4.49. The number of urea groups is 1. The lowest BCUT2D eigenvalue weighted by atomic mass is 10.3. The number of amides is 2. The van der Waals surface area contributed by atoms with Gasteiger partial charge in [0.1, 0.15) is 11.3 Å². The van der Waals surface area contributed by atoms with Crippen molar-refractivity contribution < 1.29 is 17.6 Å². The van der Waals surface area contributed by atoms with Gasteiger partial charge < -0.3 is 10.6 Å². The Morgan fingerprint density at radius 3 is 2.63 bits per heavy atom. The van der Waals surface area contributed by atoms with Crippen LogP contribution < -0.4 is 10.6 Å². The fourth-order valence-electron chi connectivity index (χ4n) is 3.01. The highest BCUT2D eigenvalue weighted by atomic mass is 32.2. The summed E-state index contributed by atoms with van der Waals surface area (Å²) >= 11 is 0. The number of carbonyl (C=O) groups excluding carboxylic acids is 1. The van der Waals surface area contributed by atoms with Crippen LogP contribution in [0.4, 0.5) is 14.9 Å². The number of halogens is 1. The van der Waals surface area contributed by atoms with Crippen molar-refractivity contribution in [1.29, 1.82) is 0 Å². The molecule has 0 aliphatic rings. The summed E-state index contributed by atoms with van der Waals surface area (Å²) in [4.78, 5) is 12.1. The summed E-state index contributed by atoms with van der Waals surface area (Å²) in [5.41, 5.74) is 1.45. The van der Waals surface area contributed by atoms with Crippen molar-refractivity contribution in [2.45, 2.75) is 25.3 Å². The number of hydrogen-bond acceptors (Lipinski definition) is 5. The van der Waals surface area contributed by atoms with Crippen molar-refractivity contribution in [1.82, 2.24) is 24.6 Å². The average molecular weight is 434 g/mol. The first-order valence-corrected chi connectivity index (χ1v) is 10.9. The van der Waals surface area contributed by atoms with Crippen LogP contribution in [0.5, 0.6) is 0 Å². The number of hydrogen-bond donors (Lipinski definition) is 2. The van der Waals surface area contributed by atoms with Crippen molar-refractivity contribution in [3.63, 3.8) is 0 Å². The van der Waals surface area contributed by atoms with E-state index in [-0.39, 0.29) is 11.4 Å². The minimum atomic E-state index is -3.58. The number of anilines is 1. The highest BCUT2D eigenvalue weighted by Gasteiger charge is 2.22. The van der Waals surface area contributed by atoms with Gasteiger partial charge in [0.2, 0.25) is 10.0 Å². The molecule has 0 radical (unpaired) electrons. The van der Waals surface area contributed by atoms with E-state index in [0.29, 0.717) is 36.4 Å². The Bertz CT molecular complexity index is 1140. The summed E-state index contributed by atoms with van der Waals surface area (Å²) in [5, 5.41) is 13.3. The highest BCUT2D eigenvalue weighted by molar-refractivity contribution is 7.89. The molecule has 0 fully saturated rings. The largest absolute Gasteiger partial charge is 0.336 e. The number of fused-ring (bicyclic) bond motifs is 1. The quantitative estimate of drug-likeness (QED) is 0.566. The molecule has 0 aliphatic carbocycles. The Morgan fingerprint density at radius 1 is 1.17 bits per heavy atom. The molecule has 2 amide bonds. The SMILES string of the molecule is CCN(CC)S(=O)(=O)c1ccc2c(c1)nnn2CCNC(=O)Nc1cccc(F)c1. The molecule has 9 nitrogen and oxygen atoms in total. The van der Waals surface area contributed by atoms with Crippen molar-refractivity contribution in [3.8, 4) is 0 Å². The van der Waals surface area contributed by atoms with Crippen LogP contribution in [-0.2, 0) is 16.6 Å². The maximum atomic E-state index is 13.2. The Kier molecular flexibility index (Phi) is 6.63. The third kappa shape index (κ3) is 4.74. The molecule has 0 aliphatic heterocycles. The zero-order chi connectivity index (χ0) is 21.7. The van der Waals surface area contributed by atoms with E-state index in [4.69, 9.17) is 0 Å². The Morgan fingerprint density at radius 2 is 1.93 bits per heavy atom. The minimum absolute atomic E-state index is 0.165. The van der Waals surface area contributed by atoms with Crippen LogP contribution in [0.25, 0.3) is 11.0 Å². The molecule has 0 atom stereocenters. The first-order chi connectivity index (χ1) is 14.3. The van der Waals surface area contributed by atoms with Crippen LogP contribution in [0, 0.1) is 5.82 Å². The van der Waals surface area contributed by atoms with Crippen LogP contribution >= 0.6 is 0 Å². The molecule has 30 heavy (non-hydrogen) atoms. The molecule has 11 heteroatoms. The second kappa shape index (κ2) is 9.18. The van der Waals surface area contributed by atoms with E-state index in [9.17, 15) is 17.6 Å². The summed E-state index contributed by atoms with van der Waals surface area (Å²) in [6.07, 6.45) is 0. The maximum absolute atomic E-state index is 13.2. The lowest BCUT2D eigenvalue weighted by Gasteiger charge is -2.18. The van der Waals surface area contributed by atoms with Gasteiger partial charge >= 0.3 is 6.03 Å². The number of benzene rings is 2. The molecule has 0 saturated carbocycles. The normalized spacial score (nSPS) is 11.7. The lowest BCUT2D eigenvalue weighted by Crippen LogP contribution is -2.31. The van der Waals surface area contributed by atoms with Gasteiger partial charge in [-0.05, 0) is 36.4 Å². The number of nitrogens with one attached hydrogen (secondary N) is 2. The van der Waals surface area contributed by atoms with Crippen LogP contribution in [0.3, 0.4) is 0 Å². The van der Waals surface area contributed by atoms with Crippen LogP contribution in [0.15, 0.2) is 47.4 Å². The zero-order valence-electron chi connectivity index (χ0n) is 16.7. The maximum Gasteiger partial charge on any atom is 0.319 e. The van der Waals surface area contributed by atoms with Gasteiger partial charge in [0, 0.05) is 25.3 Å². The monoisotopic (exact) mass is 434 g/mol. The van der Waals surface area contributed by atoms with Gasteiger partial charge in [-0.2, -0.15) is 4.31 Å². The van der Waals surface area contributed by atoms with Crippen LogP contribution in [0.2, 0.25) is 0 Å². The molecule has 0 saturated heterocycles. The van der Waals surface area contributed by atoms with Gasteiger partial charge in [-0.1, -0.05) is 25.1 Å². The van der Waals surface area contributed by atoms with Gasteiger partial charge in [-0.3, -0.25) is 0 Å². The van der Waals surface area contributed by atoms with Crippen LogP contribution in [0.1, 0.15) is 13.8 Å². The second-order valence-corrected chi connectivity index (χ2v) is 8.38. The van der Waals surface area contributed by atoms with Gasteiger partial charge in [-0.15, -0.1) is 5.10 Å². The van der Waals surface area contributed by atoms with Crippen molar-refractivity contribution in [2.24, 2.45) is 0 Å². The minimum Gasteiger partial charge on any atom is -0.336 e. The van der Waals surface area contributed by atoms with Crippen molar-refractivity contribution >= 4 is 32.8 Å². The van der Waals surface area contributed by atoms with Crippen LogP contribution in [-0.4, -0.2) is 53.4 Å². The summed E-state index contributed by atoms with van der Waals surface area (Å²) in [6.45, 7) is 4.91. The first-order valence-electron chi connectivity index (χ1n) is 9.49. The number of aromatic nitrogens is 3. The Labute approximate surface area is 173 Å². The van der Waals surface area contributed by atoms with E-state index in [1.54, 1.807) is 30.7 Å². The van der Waals surface area contributed by atoms with E-state index in [0.717, 1.165) is 0 Å². The van der Waals surface area contributed by atoms with Gasteiger partial charge in [0.05, 0.1) is 17.0 Å². The number of rotatable bonds is 8. The highest BCUT2D eigenvalue weighted by Crippen LogP contribution is 2.20. The van der Waals surface area contributed by atoms with E-state index < -0.39 is 21.9 Å². The second-order valence-electron chi connectivity index (χ2n) is 6.44. The van der Waals surface area contributed by atoms with Gasteiger partial charge in [0.15, 0.2) is 0 Å². The fraction of sp³-hybridized carbons (Fsp3) is 0.316. The molecule has 0 spiro atoms. The molecule has 3 rings (SSSR count). The predicted molar refractivity (Wildman–Crippen MR) is 111 cm³/mol. The van der Waals surface area contributed by atoms with Gasteiger partial charge in [-0.25, -0.2) is 22.3 Å². The van der Waals surface area contributed by atoms with E-state index in [1.807, 2.05) is 0 Å². The molecular formula is C19H23FN6O3S. The number of carbonyl (C=O) groups is 1. The topological polar surface area (TPSA) is 109 Å². The Hall–Kier alpha value is -3.05. The molecule has 2 N–H and O–H groups in total. The number of nitrogens with zero attached hydrogens (tertiary/aromatic N) is 4. The summed E-state index contributed by atoms with van der Waals surface area (Å²) in [5.74, 6) is -0.440. The Balaban J connectivity index is 1.64. The standard InChI is InChI=1S/C19H23FN6O3S/c1-3-25(4-2)30(28,29)16-8-9-18-17(13-16)23-24-26(18)11-10-21-19(27)22-15-7-5-6-14(20)12-15/h5-9,12-13H,3-4,10-11H2,1-2H3,(H2,21,22,27). The van der Waals surface area contributed by atoms with E-state index in [1.165, 1.54) is 34.6 Å². The summed E-state index contributed by atoms with van der Waals surface area (Å²) in [6, 6.07) is 9.79. The van der Waals surface area contributed by atoms with Crippen molar-refractivity contribution in [3.05, 3.63) is 48.3 Å². The molecular weight excluding hydrogens is 411 g/mol.